The summed E-state index contributed by atoms with van der Waals surface area (Å²) in [5.74, 6) is 4.20. The van der Waals surface area contributed by atoms with E-state index in [0.29, 0.717) is 22.8 Å². The molecular weight excluding hydrogens is 382 g/mol. The maximum absolute atomic E-state index is 12.1. The fourth-order valence-electron chi connectivity index (χ4n) is 3.81. The van der Waals surface area contributed by atoms with Crippen molar-refractivity contribution >= 4 is 23.2 Å². The Kier molecular flexibility index (Phi) is 4.88. The third-order valence-electron chi connectivity index (χ3n) is 5.16. The van der Waals surface area contributed by atoms with Crippen molar-refractivity contribution in [3.8, 4) is 17.6 Å². The zero-order chi connectivity index (χ0) is 21.4. The number of hydrogen-bond donors (Lipinski definition) is 2. The monoisotopic (exact) mass is 401 g/mol. The standard InChI is InChI=1S/C24H19NO5/c1-13-3-6-18-21(9-13)30-22-11-16(27)5-8-19(22)23(18)17-7-4-15(25-12-14(2)26)10-20(17)24(28)29/h3-4,6-7,9-11,19,23,25H,12H2,1-2H3,(H,28,29). The van der Waals surface area contributed by atoms with Crippen molar-refractivity contribution in [2.45, 2.75) is 19.8 Å². The van der Waals surface area contributed by atoms with Gasteiger partial charge in [-0.15, -0.1) is 0 Å². The van der Waals surface area contributed by atoms with Gasteiger partial charge in [0.25, 0.3) is 0 Å². The topological polar surface area (TPSA) is 92.7 Å². The first-order valence-corrected chi connectivity index (χ1v) is 9.49. The predicted molar refractivity (Wildman–Crippen MR) is 111 cm³/mol. The fourth-order valence-corrected chi connectivity index (χ4v) is 3.81. The number of nitrogens with one attached hydrogen (secondary N) is 1. The Balaban J connectivity index is 1.87. The minimum atomic E-state index is -1.08. The van der Waals surface area contributed by atoms with Crippen LogP contribution in [0.3, 0.4) is 0 Å². The molecule has 2 N–H and O–H groups in total. The summed E-state index contributed by atoms with van der Waals surface area (Å²) in [5.41, 5.74) is 3.03. The van der Waals surface area contributed by atoms with E-state index in [9.17, 15) is 19.5 Å². The van der Waals surface area contributed by atoms with E-state index in [1.807, 2.05) is 25.1 Å². The van der Waals surface area contributed by atoms with Crippen LogP contribution >= 0.6 is 0 Å². The van der Waals surface area contributed by atoms with Crippen molar-refractivity contribution in [3.05, 3.63) is 70.5 Å². The summed E-state index contributed by atoms with van der Waals surface area (Å²) >= 11 is 0. The smallest absolute Gasteiger partial charge is 0.336 e. The number of carbonyl (C=O) groups is 3. The molecule has 30 heavy (non-hydrogen) atoms. The molecule has 4 rings (SSSR count). The second kappa shape index (κ2) is 7.53. The highest BCUT2D eigenvalue weighted by molar-refractivity contribution is 6.05. The van der Waals surface area contributed by atoms with Gasteiger partial charge < -0.3 is 15.2 Å². The van der Waals surface area contributed by atoms with Crippen molar-refractivity contribution in [2.75, 3.05) is 11.9 Å². The fraction of sp³-hybridized carbons (Fsp3) is 0.208. The predicted octanol–water partition coefficient (Wildman–Crippen LogP) is 3.30. The summed E-state index contributed by atoms with van der Waals surface area (Å²) in [5, 5.41) is 12.8. The molecule has 6 heteroatoms. The zero-order valence-electron chi connectivity index (χ0n) is 16.5. The van der Waals surface area contributed by atoms with Crippen LogP contribution < -0.4 is 10.1 Å². The quantitative estimate of drug-likeness (QED) is 0.590. The Morgan fingerprint density at radius 3 is 2.67 bits per heavy atom. The van der Waals surface area contributed by atoms with Gasteiger partial charge in [0.05, 0.1) is 18.0 Å². The van der Waals surface area contributed by atoms with Gasteiger partial charge in [0.15, 0.2) is 0 Å². The Morgan fingerprint density at radius 2 is 1.93 bits per heavy atom. The molecule has 1 aliphatic heterocycles. The molecule has 0 saturated carbocycles. The molecule has 2 aromatic carbocycles. The third-order valence-corrected chi connectivity index (χ3v) is 5.16. The molecule has 2 atom stereocenters. The maximum atomic E-state index is 12.1. The van der Waals surface area contributed by atoms with Gasteiger partial charge in [0.1, 0.15) is 17.3 Å². The number of Topliss-reactive ketones (excluding diaryl/α,β-unsaturated/α-hetero) is 1. The van der Waals surface area contributed by atoms with Gasteiger partial charge in [-0.25, -0.2) is 4.79 Å². The van der Waals surface area contributed by atoms with Crippen LogP contribution in [-0.4, -0.2) is 29.2 Å². The Bertz CT molecular complexity index is 1180. The summed E-state index contributed by atoms with van der Waals surface area (Å²) in [7, 11) is 0. The Labute approximate surface area is 173 Å². The van der Waals surface area contributed by atoms with E-state index >= 15 is 0 Å². The van der Waals surface area contributed by atoms with E-state index in [-0.39, 0.29) is 23.7 Å². The van der Waals surface area contributed by atoms with E-state index in [1.54, 1.807) is 12.1 Å². The van der Waals surface area contributed by atoms with Gasteiger partial charge in [0, 0.05) is 23.2 Å². The molecule has 2 aliphatic rings. The second-order valence-corrected chi connectivity index (χ2v) is 7.44. The highest BCUT2D eigenvalue weighted by Crippen LogP contribution is 2.47. The largest absolute Gasteiger partial charge is 0.478 e. The minimum Gasteiger partial charge on any atom is -0.478 e. The van der Waals surface area contributed by atoms with E-state index < -0.39 is 17.8 Å². The number of aromatic carboxylic acids is 1. The summed E-state index contributed by atoms with van der Waals surface area (Å²) in [6.45, 7) is 3.50. The number of ketones is 2. The number of anilines is 1. The number of hydrogen-bond acceptors (Lipinski definition) is 5. The number of aryl methyl sites for hydroxylation is 1. The van der Waals surface area contributed by atoms with Crippen molar-refractivity contribution in [1.29, 1.82) is 0 Å². The number of ether oxygens (including phenoxy) is 1. The average Bonchev–Trinajstić information content (AvgIpc) is 2.70. The number of carboxylic acids is 1. The molecular formula is C24H19NO5. The molecule has 0 radical (unpaired) electrons. The molecule has 0 amide bonds. The van der Waals surface area contributed by atoms with Crippen LogP contribution in [0.2, 0.25) is 0 Å². The van der Waals surface area contributed by atoms with Crippen LogP contribution in [0.25, 0.3) is 0 Å². The number of benzene rings is 2. The van der Waals surface area contributed by atoms with Gasteiger partial charge in [-0.1, -0.05) is 24.1 Å². The number of fused-ring (bicyclic) bond motifs is 2. The molecule has 6 nitrogen and oxygen atoms in total. The van der Waals surface area contributed by atoms with E-state index in [4.69, 9.17) is 4.74 Å². The maximum Gasteiger partial charge on any atom is 0.336 e. The molecule has 0 aromatic heterocycles. The molecule has 0 saturated heterocycles. The number of carboxylic acid groups (broad SMARTS) is 1. The normalized spacial score (nSPS) is 18.7. The molecule has 150 valence electrons. The molecule has 1 aliphatic carbocycles. The Hall–Kier alpha value is -3.85. The lowest BCUT2D eigenvalue weighted by Gasteiger charge is -2.34. The molecule has 0 spiro atoms. The highest BCUT2D eigenvalue weighted by Gasteiger charge is 2.38. The van der Waals surface area contributed by atoms with Crippen LogP contribution in [0, 0.1) is 24.7 Å². The van der Waals surface area contributed by atoms with E-state index in [2.05, 4.69) is 17.2 Å². The number of allylic oxidation sites excluding steroid dienone is 2. The molecule has 2 unspecified atom stereocenters. The van der Waals surface area contributed by atoms with Crippen molar-refractivity contribution < 1.29 is 24.2 Å². The van der Waals surface area contributed by atoms with Crippen LogP contribution in [0.4, 0.5) is 5.69 Å². The van der Waals surface area contributed by atoms with Gasteiger partial charge in [-0.3, -0.25) is 9.59 Å². The lowest BCUT2D eigenvalue weighted by atomic mass is 9.75. The first kappa shape index (κ1) is 19.5. The number of rotatable bonds is 5. The van der Waals surface area contributed by atoms with E-state index in [0.717, 1.165) is 11.1 Å². The van der Waals surface area contributed by atoms with Crippen molar-refractivity contribution in [1.82, 2.24) is 0 Å². The molecule has 0 bridgehead atoms. The lowest BCUT2D eigenvalue weighted by Crippen LogP contribution is -2.28. The lowest BCUT2D eigenvalue weighted by molar-refractivity contribution is -0.115. The molecule has 2 aromatic rings. The van der Waals surface area contributed by atoms with Crippen LogP contribution in [0.1, 0.15) is 39.9 Å². The first-order chi connectivity index (χ1) is 14.3. The van der Waals surface area contributed by atoms with Crippen molar-refractivity contribution in [3.63, 3.8) is 0 Å². The summed E-state index contributed by atoms with van der Waals surface area (Å²) in [6, 6.07) is 10.7. The second-order valence-electron chi connectivity index (χ2n) is 7.44. The SMILES string of the molecule is CC(=O)CNc1ccc(C2c3ccc(C)cc3OC3=CC(=O)C#CC32)c(C(=O)O)c1. The summed E-state index contributed by atoms with van der Waals surface area (Å²) < 4.78 is 5.97. The first-order valence-electron chi connectivity index (χ1n) is 9.49. The van der Waals surface area contributed by atoms with E-state index in [1.165, 1.54) is 19.1 Å². The third kappa shape index (κ3) is 3.58. The zero-order valence-corrected chi connectivity index (χ0v) is 16.5. The average molecular weight is 401 g/mol. The van der Waals surface area contributed by atoms with Crippen molar-refractivity contribution in [2.24, 2.45) is 5.92 Å². The Morgan fingerprint density at radius 1 is 1.17 bits per heavy atom. The summed E-state index contributed by atoms with van der Waals surface area (Å²) in [4.78, 5) is 35.2. The van der Waals surface area contributed by atoms with Crippen LogP contribution in [0.5, 0.6) is 5.75 Å². The van der Waals surface area contributed by atoms with Gasteiger partial charge in [-0.05, 0) is 49.1 Å². The highest BCUT2D eigenvalue weighted by atomic mass is 16.5. The van der Waals surface area contributed by atoms with Gasteiger partial charge in [0.2, 0.25) is 5.78 Å². The summed E-state index contributed by atoms with van der Waals surface area (Å²) in [6.07, 6.45) is 1.38. The molecule has 0 fully saturated rings. The van der Waals surface area contributed by atoms with Crippen LogP contribution in [-0.2, 0) is 9.59 Å². The van der Waals surface area contributed by atoms with Gasteiger partial charge in [-0.2, -0.15) is 0 Å². The van der Waals surface area contributed by atoms with Gasteiger partial charge >= 0.3 is 5.97 Å². The molecule has 1 heterocycles. The number of carbonyl (C=O) groups excluding carboxylic acids is 2. The van der Waals surface area contributed by atoms with Crippen LogP contribution in [0.15, 0.2) is 48.2 Å². The minimum absolute atomic E-state index is 0.0541.